The van der Waals surface area contributed by atoms with Crippen molar-refractivity contribution in [2.45, 2.75) is 104 Å². The molecule has 0 aliphatic carbocycles. The minimum Gasteiger partial charge on any atom is -0.392 e. The van der Waals surface area contributed by atoms with E-state index in [1.54, 1.807) is 0 Å². The molecule has 1 N–H and O–H groups in total. The summed E-state index contributed by atoms with van der Waals surface area (Å²) in [6.07, 6.45) is 19.8. The van der Waals surface area contributed by atoms with Crippen molar-refractivity contribution in [2.75, 3.05) is 6.61 Å². The number of rotatable bonds is 15. The molecule has 0 amide bonds. The predicted octanol–water partition coefficient (Wildman–Crippen LogP) is 6.65. The molecule has 0 aliphatic heterocycles. The molecule has 1 nitrogen and oxygen atoms in total. The van der Waals surface area contributed by atoms with Crippen LogP contribution in [-0.2, 0) is 0 Å². The molecule has 126 valence electrons. The van der Waals surface area contributed by atoms with Crippen molar-refractivity contribution in [3.8, 4) is 0 Å². The van der Waals surface area contributed by atoms with E-state index in [4.69, 9.17) is 5.11 Å². The maximum atomic E-state index is 9.11. The van der Waals surface area contributed by atoms with Gasteiger partial charge in [-0.25, -0.2) is 0 Å². The zero-order chi connectivity index (χ0) is 15.8. The average Bonchev–Trinajstić information content (AvgIpc) is 2.48. The molecule has 0 spiro atoms. The summed E-state index contributed by atoms with van der Waals surface area (Å²) in [5, 5.41) is 9.11. The number of hydrogen-bond donors (Lipinski definition) is 1. The maximum absolute atomic E-state index is 9.11. The Kier molecular flexibility index (Phi) is 15.8. The van der Waals surface area contributed by atoms with Crippen LogP contribution in [0.5, 0.6) is 0 Å². The molecule has 0 bridgehead atoms. The Hall–Kier alpha value is -0.300. The zero-order valence-electron chi connectivity index (χ0n) is 15.0. The SMILES string of the molecule is CCCCCCCCCC(CCCCCC)C(C)=CCO. The number of allylic oxidation sites excluding steroid dienone is 1. The van der Waals surface area contributed by atoms with E-state index < -0.39 is 0 Å². The minimum atomic E-state index is 0.203. The van der Waals surface area contributed by atoms with Crippen LogP contribution in [-0.4, -0.2) is 11.7 Å². The lowest BCUT2D eigenvalue weighted by Crippen LogP contribution is -2.04. The Labute approximate surface area is 134 Å². The van der Waals surface area contributed by atoms with Crippen molar-refractivity contribution >= 4 is 0 Å². The molecule has 0 aromatic rings. The number of aliphatic hydroxyl groups excluding tert-OH is 1. The van der Waals surface area contributed by atoms with Crippen molar-refractivity contribution in [1.29, 1.82) is 0 Å². The predicted molar refractivity (Wildman–Crippen MR) is 95.7 cm³/mol. The van der Waals surface area contributed by atoms with Crippen molar-refractivity contribution in [3.05, 3.63) is 11.6 Å². The third-order valence-corrected chi connectivity index (χ3v) is 4.62. The van der Waals surface area contributed by atoms with Crippen LogP contribution in [0.3, 0.4) is 0 Å². The van der Waals surface area contributed by atoms with Crippen molar-refractivity contribution in [3.63, 3.8) is 0 Å². The highest BCUT2D eigenvalue weighted by atomic mass is 16.2. The monoisotopic (exact) mass is 296 g/mol. The van der Waals surface area contributed by atoms with Gasteiger partial charge in [-0.15, -0.1) is 0 Å². The van der Waals surface area contributed by atoms with Gasteiger partial charge in [-0.3, -0.25) is 0 Å². The van der Waals surface area contributed by atoms with Crippen LogP contribution >= 0.6 is 0 Å². The van der Waals surface area contributed by atoms with E-state index in [1.165, 1.54) is 89.0 Å². The second-order valence-corrected chi connectivity index (χ2v) is 6.59. The van der Waals surface area contributed by atoms with Crippen LogP contribution in [0.4, 0.5) is 0 Å². The minimum absolute atomic E-state index is 0.203. The van der Waals surface area contributed by atoms with Gasteiger partial charge in [0.25, 0.3) is 0 Å². The molecular formula is C20H40O. The third kappa shape index (κ3) is 13.1. The van der Waals surface area contributed by atoms with Crippen LogP contribution in [0, 0.1) is 5.92 Å². The normalized spacial score (nSPS) is 13.6. The van der Waals surface area contributed by atoms with Gasteiger partial charge in [0.15, 0.2) is 0 Å². The molecular weight excluding hydrogens is 256 g/mol. The highest BCUT2D eigenvalue weighted by molar-refractivity contribution is 5.03. The molecule has 1 atom stereocenters. The Balaban J connectivity index is 3.85. The van der Waals surface area contributed by atoms with E-state index in [9.17, 15) is 0 Å². The topological polar surface area (TPSA) is 20.2 Å². The van der Waals surface area contributed by atoms with Crippen LogP contribution in [0.2, 0.25) is 0 Å². The molecule has 0 heterocycles. The van der Waals surface area contributed by atoms with Crippen molar-refractivity contribution < 1.29 is 5.11 Å². The lowest BCUT2D eigenvalue weighted by molar-refractivity contribution is 0.339. The fraction of sp³-hybridized carbons (Fsp3) is 0.900. The summed E-state index contributed by atoms with van der Waals surface area (Å²) in [6.45, 7) is 6.96. The van der Waals surface area contributed by atoms with Gasteiger partial charge in [-0.1, -0.05) is 96.1 Å². The van der Waals surface area contributed by atoms with Gasteiger partial charge in [-0.2, -0.15) is 0 Å². The van der Waals surface area contributed by atoms with Gasteiger partial charge in [0.1, 0.15) is 0 Å². The van der Waals surface area contributed by atoms with Crippen LogP contribution in [0.15, 0.2) is 11.6 Å². The highest BCUT2D eigenvalue weighted by Crippen LogP contribution is 2.25. The summed E-state index contributed by atoms with van der Waals surface area (Å²) in [7, 11) is 0. The first-order valence-corrected chi connectivity index (χ1v) is 9.53. The van der Waals surface area contributed by atoms with E-state index in [0.717, 1.165) is 0 Å². The Bertz CT molecular complexity index is 232. The van der Waals surface area contributed by atoms with Gasteiger partial charge in [-0.05, 0) is 25.7 Å². The Morgan fingerprint density at radius 3 is 1.67 bits per heavy atom. The molecule has 0 aromatic heterocycles. The number of unbranched alkanes of at least 4 members (excludes halogenated alkanes) is 9. The smallest absolute Gasteiger partial charge is 0.0615 e. The summed E-state index contributed by atoms with van der Waals surface area (Å²) >= 11 is 0. The second-order valence-electron chi connectivity index (χ2n) is 6.59. The van der Waals surface area contributed by atoms with E-state index in [-0.39, 0.29) is 6.61 Å². The van der Waals surface area contributed by atoms with E-state index in [1.807, 2.05) is 6.08 Å². The highest BCUT2D eigenvalue weighted by Gasteiger charge is 2.10. The molecule has 0 aliphatic rings. The van der Waals surface area contributed by atoms with Crippen LogP contribution < -0.4 is 0 Å². The van der Waals surface area contributed by atoms with Gasteiger partial charge >= 0.3 is 0 Å². The first kappa shape index (κ1) is 20.7. The summed E-state index contributed by atoms with van der Waals surface area (Å²) in [6, 6.07) is 0. The molecule has 0 fully saturated rings. The molecule has 1 unspecified atom stereocenters. The first-order valence-electron chi connectivity index (χ1n) is 9.53. The average molecular weight is 297 g/mol. The zero-order valence-corrected chi connectivity index (χ0v) is 15.0. The Morgan fingerprint density at radius 1 is 0.762 bits per heavy atom. The Morgan fingerprint density at radius 2 is 1.19 bits per heavy atom. The van der Waals surface area contributed by atoms with Crippen LogP contribution in [0.25, 0.3) is 0 Å². The largest absolute Gasteiger partial charge is 0.392 e. The van der Waals surface area contributed by atoms with Crippen molar-refractivity contribution in [1.82, 2.24) is 0 Å². The fourth-order valence-corrected chi connectivity index (χ4v) is 3.08. The van der Waals surface area contributed by atoms with Gasteiger partial charge < -0.3 is 5.11 Å². The first-order chi connectivity index (χ1) is 10.3. The molecule has 0 radical (unpaired) electrons. The lowest BCUT2D eigenvalue weighted by atomic mass is 9.88. The summed E-state index contributed by atoms with van der Waals surface area (Å²) in [5.41, 5.74) is 1.42. The standard InChI is InChI=1S/C20H40O/c1-4-6-8-10-11-12-14-16-20(19(3)17-18-21)15-13-9-7-5-2/h17,20-21H,4-16,18H2,1-3H3. The molecule has 0 saturated carbocycles. The lowest BCUT2D eigenvalue weighted by Gasteiger charge is -2.18. The number of aliphatic hydroxyl groups is 1. The molecule has 0 aromatic carbocycles. The van der Waals surface area contributed by atoms with Gasteiger partial charge in [0, 0.05) is 0 Å². The van der Waals surface area contributed by atoms with Gasteiger partial charge in [0.05, 0.1) is 6.61 Å². The maximum Gasteiger partial charge on any atom is 0.0615 e. The van der Waals surface area contributed by atoms with Crippen LogP contribution in [0.1, 0.15) is 104 Å². The second kappa shape index (κ2) is 16.1. The van der Waals surface area contributed by atoms with Gasteiger partial charge in [0.2, 0.25) is 0 Å². The van der Waals surface area contributed by atoms with E-state index in [0.29, 0.717) is 5.92 Å². The summed E-state index contributed by atoms with van der Waals surface area (Å²) < 4.78 is 0. The van der Waals surface area contributed by atoms with Crippen molar-refractivity contribution in [2.24, 2.45) is 5.92 Å². The molecule has 0 rings (SSSR count). The summed E-state index contributed by atoms with van der Waals surface area (Å²) in [5.74, 6) is 0.713. The quantitative estimate of drug-likeness (QED) is 0.265. The third-order valence-electron chi connectivity index (χ3n) is 4.62. The molecule has 1 heteroatoms. The fourth-order valence-electron chi connectivity index (χ4n) is 3.08. The molecule has 0 saturated heterocycles. The molecule has 21 heavy (non-hydrogen) atoms. The number of hydrogen-bond acceptors (Lipinski definition) is 1. The summed E-state index contributed by atoms with van der Waals surface area (Å²) in [4.78, 5) is 0. The van der Waals surface area contributed by atoms with E-state index >= 15 is 0 Å². The van der Waals surface area contributed by atoms with E-state index in [2.05, 4.69) is 20.8 Å².